The molecule has 1 aliphatic rings. The number of nitrogens with one attached hydrogen (secondary N) is 1. The van der Waals surface area contributed by atoms with Crippen molar-refractivity contribution in [2.24, 2.45) is 0 Å². The van der Waals surface area contributed by atoms with Gasteiger partial charge >= 0.3 is 0 Å². The third-order valence-corrected chi connectivity index (χ3v) is 6.00. The lowest BCUT2D eigenvalue weighted by molar-refractivity contribution is 0.0321. The standard InChI is InChI=1S/C14H21BrN2O3S/c15-13-7-6-11(16)10-14(13)21(18,19)17-8-9-20-12-4-2-1-3-5-12/h6-7,10,12,17H,1-5,8-9,16H2. The van der Waals surface area contributed by atoms with Gasteiger partial charge in [0.1, 0.15) is 0 Å². The first kappa shape index (κ1) is 16.7. The molecule has 1 saturated carbocycles. The van der Waals surface area contributed by atoms with Crippen LogP contribution in [0.3, 0.4) is 0 Å². The average molecular weight is 377 g/mol. The van der Waals surface area contributed by atoms with Crippen molar-refractivity contribution in [3.8, 4) is 0 Å². The number of halogens is 1. The summed E-state index contributed by atoms with van der Waals surface area (Å²) in [6.07, 6.45) is 6.11. The van der Waals surface area contributed by atoms with E-state index in [2.05, 4.69) is 20.7 Å². The van der Waals surface area contributed by atoms with Crippen LogP contribution >= 0.6 is 15.9 Å². The number of hydrogen-bond donors (Lipinski definition) is 2. The SMILES string of the molecule is Nc1ccc(Br)c(S(=O)(=O)NCCOC2CCCCC2)c1. The van der Waals surface area contributed by atoms with Gasteiger partial charge in [-0.25, -0.2) is 13.1 Å². The maximum absolute atomic E-state index is 12.2. The predicted molar refractivity (Wildman–Crippen MR) is 86.6 cm³/mol. The van der Waals surface area contributed by atoms with E-state index in [1.54, 1.807) is 12.1 Å². The van der Waals surface area contributed by atoms with Gasteiger partial charge in [-0.3, -0.25) is 0 Å². The van der Waals surface area contributed by atoms with Gasteiger partial charge in [0, 0.05) is 16.7 Å². The molecular formula is C14H21BrN2O3S. The fraction of sp³-hybridized carbons (Fsp3) is 0.571. The van der Waals surface area contributed by atoms with Gasteiger partial charge in [0.05, 0.1) is 17.6 Å². The van der Waals surface area contributed by atoms with Crippen molar-refractivity contribution < 1.29 is 13.2 Å². The number of nitrogens with two attached hydrogens (primary N) is 1. The van der Waals surface area contributed by atoms with E-state index in [1.807, 2.05) is 0 Å². The van der Waals surface area contributed by atoms with Gasteiger partial charge < -0.3 is 10.5 Å². The Kier molecular flexibility index (Phi) is 6.04. The Labute approximate surface area is 134 Å². The molecule has 0 radical (unpaired) electrons. The molecule has 0 heterocycles. The molecule has 1 aromatic rings. The van der Waals surface area contributed by atoms with Gasteiger partial charge in [-0.1, -0.05) is 19.3 Å². The molecule has 0 unspecified atom stereocenters. The van der Waals surface area contributed by atoms with Crippen molar-refractivity contribution in [2.75, 3.05) is 18.9 Å². The second-order valence-electron chi connectivity index (χ2n) is 5.22. The van der Waals surface area contributed by atoms with Crippen LogP contribution in [0.5, 0.6) is 0 Å². The summed E-state index contributed by atoms with van der Waals surface area (Å²) in [6, 6.07) is 4.71. The molecule has 0 aliphatic heterocycles. The van der Waals surface area contributed by atoms with E-state index in [9.17, 15) is 8.42 Å². The first-order valence-corrected chi connectivity index (χ1v) is 9.43. The summed E-state index contributed by atoms with van der Waals surface area (Å²) < 4.78 is 33.2. The molecule has 1 fully saturated rings. The van der Waals surface area contributed by atoms with Gasteiger partial charge in [-0.2, -0.15) is 0 Å². The molecule has 0 saturated heterocycles. The molecule has 7 heteroatoms. The third kappa shape index (κ3) is 4.95. The highest BCUT2D eigenvalue weighted by Gasteiger charge is 2.18. The Hall–Kier alpha value is -0.630. The monoisotopic (exact) mass is 376 g/mol. The van der Waals surface area contributed by atoms with E-state index in [0.29, 0.717) is 16.8 Å². The quantitative estimate of drug-likeness (QED) is 0.590. The summed E-state index contributed by atoms with van der Waals surface area (Å²) >= 11 is 3.23. The van der Waals surface area contributed by atoms with Crippen LogP contribution in [0.1, 0.15) is 32.1 Å². The van der Waals surface area contributed by atoms with E-state index in [0.717, 1.165) is 12.8 Å². The summed E-state index contributed by atoms with van der Waals surface area (Å²) in [5.41, 5.74) is 6.05. The summed E-state index contributed by atoms with van der Waals surface area (Å²) in [5.74, 6) is 0. The number of hydrogen-bond acceptors (Lipinski definition) is 4. The molecule has 0 amide bonds. The van der Waals surface area contributed by atoms with Crippen LogP contribution in [0.25, 0.3) is 0 Å². The first-order valence-electron chi connectivity index (χ1n) is 7.15. The van der Waals surface area contributed by atoms with Crippen LogP contribution in [-0.2, 0) is 14.8 Å². The first-order chi connectivity index (χ1) is 9.99. The highest BCUT2D eigenvalue weighted by Crippen LogP contribution is 2.24. The molecule has 0 atom stereocenters. The molecule has 0 spiro atoms. The van der Waals surface area contributed by atoms with Gasteiger partial charge in [-0.15, -0.1) is 0 Å². The summed E-state index contributed by atoms with van der Waals surface area (Å²) in [7, 11) is -3.57. The number of rotatable bonds is 6. The number of benzene rings is 1. The minimum Gasteiger partial charge on any atom is -0.399 e. The number of nitrogen functional groups attached to an aromatic ring is 1. The zero-order valence-corrected chi connectivity index (χ0v) is 14.2. The molecule has 2 rings (SSSR count). The minimum absolute atomic E-state index is 0.153. The summed E-state index contributed by atoms with van der Waals surface area (Å²) in [6.45, 7) is 0.657. The Bertz CT molecular complexity index is 572. The lowest BCUT2D eigenvalue weighted by atomic mass is 9.98. The fourth-order valence-electron chi connectivity index (χ4n) is 2.44. The summed E-state index contributed by atoms with van der Waals surface area (Å²) in [4.78, 5) is 0.153. The van der Waals surface area contributed by atoms with Gasteiger partial charge in [0.25, 0.3) is 0 Å². The molecule has 0 bridgehead atoms. The number of sulfonamides is 1. The van der Waals surface area contributed by atoms with Crippen molar-refractivity contribution >= 4 is 31.6 Å². The van der Waals surface area contributed by atoms with Crippen molar-refractivity contribution in [1.82, 2.24) is 4.72 Å². The fourth-order valence-corrected chi connectivity index (χ4v) is 4.45. The second-order valence-corrected chi connectivity index (χ2v) is 7.81. The van der Waals surface area contributed by atoms with Gasteiger partial charge in [0.2, 0.25) is 10.0 Å². The van der Waals surface area contributed by atoms with E-state index < -0.39 is 10.0 Å². The van der Waals surface area contributed by atoms with Gasteiger partial charge in [-0.05, 0) is 47.0 Å². The average Bonchev–Trinajstić information content (AvgIpc) is 2.47. The molecule has 1 aromatic carbocycles. The molecule has 1 aliphatic carbocycles. The predicted octanol–water partition coefficient (Wildman–Crippen LogP) is 2.66. The molecule has 3 N–H and O–H groups in total. The Morgan fingerprint density at radius 1 is 1.29 bits per heavy atom. The number of anilines is 1. The third-order valence-electron chi connectivity index (χ3n) is 3.54. The Morgan fingerprint density at radius 3 is 2.71 bits per heavy atom. The van der Waals surface area contributed by atoms with Gasteiger partial charge in [0.15, 0.2) is 0 Å². The molecule has 5 nitrogen and oxygen atoms in total. The molecule has 0 aromatic heterocycles. The maximum Gasteiger partial charge on any atom is 0.241 e. The van der Waals surface area contributed by atoms with Crippen LogP contribution in [0.15, 0.2) is 27.6 Å². The van der Waals surface area contributed by atoms with E-state index in [4.69, 9.17) is 10.5 Å². The van der Waals surface area contributed by atoms with E-state index in [-0.39, 0.29) is 17.5 Å². The maximum atomic E-state index is 12.2. The van der Waals surface area contributed by atoms with Crippen LogP contribution in [-0.4, -0.2) is 27.7 Å². The van der Waals surface area contributed by atoms with Crippen molar-refractivity contribution in [3.05, 3.63) is 22.7 Å². The second kappa shape index (κ2) is 7.58. The van der Waals surface area contributed by atoms with Crippen LogP contribution in [0, 0.1) is 0 Å². The molecular weight excluding hydrogens is 356 g/mol. The topological polar surface area (TPSA) is 81.4 Å². The normalized spacial score (nSPS) is 17.0. The zero-order chi connectivity index (χ0) is 15.3. The molecule has 21 heavy (non-hydrogen) atoms. The van der Waals surface area contributed by atoms with Crippen LogP contribution in [0.4, 0.5) is 5.69 Å². The summed E-state index contributed by atoms with van der Waals surface area (Å²) in [5, 5.41) is 0. The van der Waals surface area contributed by atoms with Crippen LogP contribution in [0.2, 0.25) is 0 Å². The lowest BCUT2D eigenvalue weighted by Crippen LogP contribution is -2.29. The Morgan fingerprint density at radius 2 is 2.00 bits per heavy atom. The van der Waals surface area contributed by atoms with Crippen LogP contribution < -0.4 is 10.5 Å². The lowest BCUT2D eigenvalue weighted by Gasteiger charge is -2.22. The van der Waals surface area contributed by atoms with E-state index >= 15 is 0 Å². The highest BCUT2D eigenvalue weighted by molar-refractivity contribution is 9.10. The minimum atomic E-state index is -3.57. The zero-order valence-electron chi connectivity index (χ0n) is 11.8. The van der Waals surface area contributed by atoms with Crippen molar-refractivity contribution in [3.63, 3.8) is 0 Å². The Balaban J connectivity index is 1.85. The van der Waals surface area contributed by atoms with Crippen molar-refractivity contribution in [1.29, 1.82) is 0 Å². The highest BCUT2D eigenvalue weighted by atomic mass is 79.9. The molecule has 118 valence electrons. The largest absolute Gasteiger partial charge is 0.399 e. The number of ether oxygens (including phenoxy) is 1. The van der Waals surface area contributed by atoms with E-state index in [1.165, 1.54) is 25.3 Å². The smallest absolute Gasteiger partial charge is 0.241 e. The van der Waals surface area contributed by atoms with Crippen molar-refractivity contribution in [2.45, 2.75) is 43.1 Å².